The molecule has 0 aliphatic rings. The zero-order valence-electron chi connectivity index (χ0n) is 18.3. The summed E-state index contributed by atoms with van der Waals surface area (Å²) in [5, 5.41) is 23.2. The van der Waals surface area contributed by atoms with E-state index in [2.05, 4.69) is 9.97 Å². The Morgan fingerprint density at radius 2 is 1.89 bits per heavy atom. The largest absolute Gasteiger partial charge is 0.618 e. The van der Waals surface area contributed by atoms with Crippen LogP contribution in [0.5, 0.6) is 0 Å². The number of aromatic carboxylic acids is 1. The van der Waals surface area contributed by atoms with E-state index in [-0.39, 0.29) is 5.56 Å². The minimum absolute atomic E-state index is 0.0438. The van der Waals surface area contributed by atoms with Crippen molar-refractivity contribution >= 4 is 28.6 Å². The van der Waals surface area contributed by atoms with E-state index >= 15 is 0 Å². The fourth-order valence-electron chi connectivity index (χ4n) is 4.22. The molecule has 0 saturated carbocycles. The van der Waals surface area contributed by atoms with Crippen LogP contribution in [0.1, 0.15) is 33.4 Å². The van der Waals surface area contributed by atoms with E-state index in [9.17, 15) is 19.5 Å². The van der Waals surface area contributed by atoms with Crippen LogP contribution >= 0.6 is 11.6 Å². The minimum Gasteiger partial charge on any atom is -0.618 e. The lowest BCUT2D eigenvalue weighted by atomic mass is 9.93. The topological polar surface area (TPSA) is 92.9 Å². The van der Waals surface area contributed by atoms with Crippen molar-refractivity contribution in [2.75, 3.05) is 0 Å². The van der Waals surface area contributed by atoms with E-state index in [1.54, 1.807) is 18.2 Å². The Hall–Kier alpha value is -4.23. The molecule has 6 nitrogen and oxygen atoms in total. The van der Waals surface area contributed by atoms with Crippen LogP contribution in [0.2, 0.25) is 5.02 Å². The SMILES string of the molecule is O=C(O)c1ccc(Cl)cc1-c1ccc(C(Cc2ccccc2)c2nc3cc(F)ccc3[nH]2)[n+]([O-])c1. The maximum absolute atomic E-state index is 13.7. The molecular weight excluding hydrogens is 469 g/mol. The Morgan fingerprint density at radius 1 is 1.09 bits per heavy atom. The second-order valence-electron chi connectivity index (χ2n) is 8.19. The first-order valence-corrected chi connectivity index (χ1v) is 11.2. The summed E-state index contributed by atoms with van der Waals surface area (Å²) < 4.78 is 14.5. The summed E-state index contributed by atoms with van der Waals surface area (Å²) in [7, 11) is 0. The first-order valence-electron chi connectivity index (χ1n) is 10.8. The number of hydrogen-bond donors (Lipinski definition) is 2. The highest BCUT2D eigenvalue weighted by Crippen LogP contribution is 2.30. The monoisotopic (exact) mass is 487 g/mol. The number of halogens is 2. The molecule has 0 aliphatic carbocycles. The molecule has 3 aromatic carbocycles. The fraction of sp³-hybridized carbons (Fsp3) is 0.0741. The number of nitrogens with zero attached hydrogens (tertiary/aromatic N) is 2. The second-order valence-corrected chi connectivity index (χ2v) is 8.63. The quantitative estimate of drug-likeness (QED) is 0.236. The van der Waals surface area contributed by atoms with Gasteiger partial charge in [0.05, 0.1) is 16.6 Å². The number of carboxylic acid groups (broad SMARTS) is 1. The number of pyridine rings is 1. The van der Waals surface area contributed by atoms with E-state index < -0.39 is 17.7 Å². The van der Waals surface area contributed by atoms with Crippen LogP contribution in [-0.4, -0.2) is 21.0 Å². The number of nitrogens with one attached hydrogen (secondary N) is 1. The van der Waals surface area contributed by atoms with Crippen molar-refractivity contribution in [3.63, 3.8) is 0 Å². The molecule has 0 saturated heterocycles. The van der Waals surface area contributed by atoms with Crippen LogP contribution in [0, 0.1) is 11.0 Å². The zero-order chi connectivity index (χ0) is 24.5. The van der Waals surface area contributed by atoms with Gasteiger partial charge in [-0.3, -0.25) is 0 Å². The van der Waals surface area contributed by atoms with Crippen LogP contribution in [-0.2, 0) is 6.42 Å². The molecule has 0 fully saturated rings. The summed E-state index contributed by atoms with van der Waals surface area (Å²) in [5.41, 5.74) is 3.36. The van der Waals surface area contributed by atoms with Crippen LogP contribution in [0.15, 0.2) is 85.1 Å². The number of fused-ring (bicyclic) bond motifs is 1. The van der Waals surface area contributed by atoms with E-state index in [1.807, 2.05) is 30.3 Å². The third-order valence-corrected chi connectivity index (χ3v) is 6.14. The number of carboxylic acids is 1. The van der Waals surface area contributed by atoms with Crippen molar-refractivity contribution in [2.45, 2.75) is 12.3 Å². The Kier molecular flexibility index (Phi) is 5.93. The van der Waals surface area contributed by atoms with Gasteiger partial charge >= 0.3 is 5.97 Å². The standard InChI is InChI=1S/C27H19ClFN3O3/c28-18-7-9-20(27(33)34)21(13-18)17-6-11-25(32(35)15-17)22(12-16-4-2-1-3-5-16)26-30-23-10-8-19(29)14-24(23)31-26/h1-11,13-15,22H,12H2,(H,30,31)(H,33,34). The first-order chi connectivity index (χ1) is 16.9. The lowest BCUT2D eigenvalue weighted by molar-refractivity contribution is -0.614. The van der Waals surface area contributed by atoms with Gasteiger partial charge in [-0.1, -0.05) is 41.9 Å². The van der Waals surface area contributed by atoms with Crippen LogP contribution < -0.4 is 4.73 Å². The molecule has 5 rings (SSSR count). The number of hydrogen-bond acceptors (Lipinski definition) is 3. The summed E-state index contributed by atoms with van der Waals surface area (Å²) in [6.45, 7) is 0. The van der Waals surface area contributed by atoms with Gasteiger partial charge in [-0.05, 0) is 48.4 Å². The minimum atomic E-state index is -1.12. The molecular formula is C27H19ClFN3O3. The average molecular weight is 488 g/mol. The molecule has 35 heavy (non-hydrogen) atoms. The summed E-state index contributed by atoms with van der Waals surface area (Å²) in [6.07, 6.45) is 1.82. The highest BCUT2D eigenvalue weighted by molar-refractivity contribution is 6.31. The summed E-state index contributed by atoms with van der Waals surface area (Å²) in [4.78, 5) is 19.5. The summed E-state index contributed by atoms with van der Waals surface area (Å²) in [6, 6.07) is 21.8. The molecule has 2 aromatic heterocycles. The highest BCUT2D eigenvalue weighted by atomic mass is 35.5. The van der Waals surface area contributed by atoms with Crippen LogP contribution in [0.3, 0.4) is 0 Å². The van der Waals surface area contributed by atoms with Gasteiger partial charge in [0.25, 0.3) is 0 Å². The van der Waals surface area contributed by atoms with Gasteiger partial charge < -0.3 is 15.3 Å². The summed E-state index contributed by atoms with van der Waals surface area (Å²) >= 11 is 6.10. The van der Waals surface area contributed by atoms with Crippen LogP contribution in [0.25, 0.3) is 22.2 Å². The number of benzene rings is 3. The normalized spacial score (nSPS) is 12.1. The van der Waals surface area contributed by atoms with Gasteiger partial charge in [0.15, 0.2) is 6.20 Å². The molecule has 0 amide bonds. The molecule has 174 valence electrons. The van der Waals surface area contributed by atoms with Crippen molar-refractivity contribution in [1.29, 1.82) is 0 Å². The Bertz CT molecular complexity index is 1550. The van der Waals surface area contributed by atoms with Crippen molar-refractivity contribution in [2.24, 2.45) is 0 Å². The van der Waals surface area contributed by atoms with E-state index in [0.717, 1.165) is 10.3 Å². The number of H-pyrrole nitrogens is 1. The first kappa shape index (κ1) is 22.6. The second kappa shape index (κ2) is 9.19. The van der Waals surface area contributed by atoms with Gasteiger partial charge in [-0.25, -0.2) is 14.2 Å². The van der Waals surface area contributed by atoms with Crippen molar-refractivity contribution in [3.05, 3.63) is 124 Å². The number of aromatic amines is 1. The lowest BCUT2D eigenvalue weighted by Gasteiger charge is -2.16. The molecule has 0 radical (unpaired) electrons. The average Bonchev–Trinajstić information content (AvgIpc) is 3.26. The fourth-order valence-corrected chi connectivity index (χ4v) is 4.39. The Morgan fingerprint density at radius 3 is 2.63 bits per heavy atom. The number of imidazole rings is 1. The molecule has 0 aliphatic heterocycles. The lowest BCUT2D eigenvalue weighted by Crippen LogP contribution is -2.34. The molecule has 0 spiro atoms. The third kappa shape index (κ3) is 4.58. The van der Waals surface area contributed by atoms with Gasteiger partial charge in [-0.15, -0.1) is 0 Å². The van der Waals surface area contributed by atoms with E-state index in [1.165, 1.54) is 36.5 Å². The maximum Gasteiger partial charge on any atom is 0.336 e. The van der Waals surface area contributed by atoms with Gasteiger partial charge in [-0.2, -0.15) is 4.73 Å². The molecule has 1 atom stereocenters. The van der Waals surface area contributed by atoms with Crippen molar-refractivity contribution in [3.8, 4) is 11.1 Å². The van der Waals surface area contributed by atoms with Gasteiger partial charge in [0.2, 0.25) is 5.69 Å². The Balaban J connectivity index is 1.61. The smallest absolute Gasteiger partial charge is 0.336 e. The van der Waals surface area contributed by atoms with Gasteiger partial charge in [0.1, 0.15) is 17.6 Å². The van der Waals surface area contributed by atoms with Crippen LogP contribution in [0.4, 0.5) is 4.39 Å². The van der Waals surface area contributed by atoms with E-state index in [4.69, 9.17) is 11.6 Å². The molecule has 8 heteroatoms. The predicted octanol–water partition coefficient (Wildman–Crippen LogP) is 5.73. The molecule has 2 heterocycles. The summed E-state index contributed by atoms with van der Waals surface area (Å²) in [5.74, 6) is -1.44. The molecule has 1 unspecified atom stereocenters. The molecule has 5 aromatic rings. The maximum atomic E-state index is 13.7. The highest BCUT2D eigenvalue weighted by Gasteiger charge is 2.27. The molecule has 0 bridgehead atoms. The van der Waals surface area contributed by atoms with Crippen molar-refractivity contribution < 1.29 is 19.0 Å². The number of carbonyl (C=O) groups is 1. The predicted molar refractivity (Wildman–Crippen MR) is 131 cm³/mol. The molecule has 2 N–H and O–H groups in total. The number of aromatic nitrogens is 3. The zero-order valence-corrected chi connectivity index (χ0v) is 19.0. The van der Waals surface area contributed by atoms with E-state index in [0.29, 0.717) is 45.1 Å². The Labute approximate surface area is 204 Å². The third-order valence-electron chi connectivity index (χ3n) is 5.90. The van der Waals surface area contributed by atoms with Crippen molar-refractivity contribution in [1.82, 2.24) is 9.97 Å². The van der Waals surface area contributed by atoms with Gasteiger partial charge in [0, 0.05) is 28.3 Å². The number of rotatable bonds is 6.